The predicted molar refractivity (Wildman–Crippen MR) is 76.4 cm³/mol. The van der Waals surface area contributed by atoms with Gasteiger partial charge in [-0.05, 0) is 52.7 Å². The van der Waals surface area contributed by atoms with Crippen LogP contribution < -0.4 is 10.5 Å². The Bertz CT molecular complexity index is 643. The number of rotatable bonds is 3. The van der Waals surface area contributed by atoms with E-state index in [9.17, 15) is 4.39 Å². The molecule has 0 unspecified atom stereocenters. The van der Waals surface area contributed by atoms with E-state index in [1.807, 2.05) is 0 Å². The summed E-state index contributed by atoms with van der Waals surface area (Å²) in [7, 11) is 0. The monoisotopic (exact) mass is 322 g/mol. The molecule has 0 spiro atoms. The lowest BCUT2D eigenvalue weighted by Crippen LogP contribution is -2.11. The van der Waals surface area contributed by atoms with E-state index < -0.39 is 0 Å². The van der Waals surface area contributed by atoms with Crippen molar-refractivity contribution in [2.24, 2.45) is 5.73 Å². The van der Waals surface area contributed by atoms with Gasteiger partial charge in [-0.2, -0.15) is 0 Å². The SMILES string of the molecule is Cc1cccc(Oc2ccc(C(=N)N)c(Br)c2)c1F. The molecule has 0 saturated heterocycles. The number of nitrogens with one attached hydrogen (secondary N) is 1. The van der Waals surface area contributed by atoms with Crippen LogP contribution in [0.3, 0.4) is 0 Å². The Morgan fingerprint density at radius 3 is 2.68 bits per heavy atom. The van der Waals surface area contributed by atoms with Crippen LogP contribution >= 0.6 is 15.9 Å². The van der Waals surface area contributed by atoms with E-state index >= 15 is 0 Å². The Labute approximate surface area is 118 Å². The van der Waals surface area contributed by atoms with Crippen molar-refractivity contribution in [3.05, 3.63) is 57.8 Å². The summed E-state index contributed by atoms with van der Waals surface area (Å²) in [5, 5.41) is 7.38. The topological polar surface area (TPSA) is 59.1 Å². The van der Waals surface area contributed by atoms with Crippen LogP contribution in [0.4, 0.5) is 4.39 Å². The summed E-state index contributed by atoms with van der Waals surface area (Å²) in [6.45, 7) is 1.68. The molecule has 2 rings (SSSR count). The van der Waals surface area contributed by atoms with E-state index in [0.717, 1.165) is 0 Å². The molecule has 2 aromatic rings. The van der Waals surface area contributed by atoms with Gasteiger partial charge in [0, 0.05) is 10.0 Å². The smallest absolute Gasteiger partial charge is 0.168 e. The number of ether oxygens (including phenoxy) is 1. The number of nitrogens with two attached hydrogens (primary N) is 1. The van der Waals surface area contributed by atoms with Gasteiger partial charge in [-0.25, -0.2) is 4.39 Å². The molecule has 0 heterocycles. The van der Waals surface area contributed by atoms with Crippen molar-refractivity contribution in [1.29, 1.82) is 5.41 Å². The second-order valence-electron chi connectivity index (χ2n) is 4.04. The molecule has 0 aliphatic rings. The zero-order valence-electron chi connectivity index (χ0n) is 10.2. The highest BCUT2D eigenvalue weighted by Crippen LogP contribution is 2.29. The Hall–Kier alpha value is -1.88. The molecule has 0 aliphatic carbocycles. The maximum atomic E-state index is 13.8. The minimum atomic E-state index is -0.380. The normalized spacial score (nSPS) is 10.3. The average Bonchev–Trinajstić information content (AvgIpc) is 2.34. The molecule has 19 heavy (non-hydrogen) atoms. The van der Waals surface area contributed by atoms with Crippen molar-refractivity contribution >= 4 is 21.8 Å². The molecule has 2 aromatic carbocycles. The van der Waals surface area contributed by atoms with E-state index in [4.69, 9.17) is 15.9 Å². The second kappa shape index (κ2) is 5.40. The van der Waals surface area contributed by atoms with Crippen LogP contribution in [0.5, 0.6) is 11.5 Å². The summed E-state index contributed by atoms with van der Waals surface area (Å²) in [4.78, 5) is 0. The van der Waals surface area contributed by atoms with E-state index in [-0.39, 0.29) is 17.4 Å². The molecule has 0 aliphatic heterocycles. The van der Waals surface area contributed by atoms with Crippen LogP contribution in [-0.4, -0.2) is 5.84 Å². The van der Waals surface area contributed by atoms with Gasteiger partial charge in [-0.3, -0.25) is 5.41 Å². The Morgan fingerprint density at radius 1 is 1.32 bits per heavy atom. The van der Waals surface area contributed by atoms with Gasteiger partial charge in [-0.1, -0.05) is 12.1 Å². The van der Waals surface area contributed by atoms with E-state index in [1.165, 1.54) is 0 Å². The number of aryl methyl sites for hydroxylation is 1. The molecule has 0 atom stereocenters. The minimum absolute atomic E-state index is 0.0415. The molecule has 3 nitrogen and oxygen atoms in total. The number of hydrogen-bond donors (Lipinski definition) is 2. The van der Waals surface area contributed by atoms with Gasteiger partial charge in [0.25, 0.3) is 0 Å². The highest BCUT2D eigenvalue weighted by Gasteiger charge is 2.09. The lowest BCUT2D eigenvalue weighted by molar-refractivity contribution is 0.440. The van der Waals surface area contributed by atoms with Crippen LogP contribution in [0, 0.1) is 18.2 Å². The molecular weight excluding hydrogens is 311 g/mol. The third-order valence-corrected chi connectivity index (χ3v) is 3.27. The third-order valence-electron chi connectivity index (χ3n) is 2.61. The van der Waals surface area contributed by atoms with E-state index in [2.05, 4.69) is 15.9 Å². The summed E-state index contributed by atoms with van der Waals surface area (Å²) in [5.41, 5.74) is 6.51. The van der Waals surface area contributed by atoms with Gasteiger partial charge in [0.15, 0.2) is 11.6 Å². The molecule has 3 N–H and O–H groups in total. The second-order valence-corrected chi connectivity index (χ2v) is 4.90. The number of hydrogen-bond acceptors (Lipinski definition) is 2. The maximum Gasteiger partial charge on any atom is 0.168 e. The molecule has 0 radical (unpaired) electrons. The fraction of sp³-hybridized carbons (Fsp3) is 0.0714. The van der Waals surface area contributed by atoms with Gasteiger partial charge in [0.1, 0.15) is 11.6 Å². The summed E-state index contributed by atoms with van der Waals surface area (Å²) in [5.74, 6) is 0.221. The van der Waals surface area contributed by atoms with Crippen molar-refractivity contribution in [2.45, 2.75) is 6.92 Å². The summed E-state index contributed by atoms with van der Waals surface area (Å²) in [6.07, 6.45) is 0. The van der Waals surface area contributed by atoms with Gasteiger partial charge >= 0.3 is 0 Å². The van der Waals surface area contributed by atoms with Crippen LogP contribution in [0.1, 0.15) is 11.1 Å². The summed E-state index contributed by atoms with van der Waals surface area (Å²) in [6, 6.07) is 9.91. The van der Waals surface area contributed by atoms with E-state index in [1.54, 1.807) is 43.3 Å². The molecule has 5 heteroatoms. The van der Waals surface area contributed by atoms with Gasteiger partial charge < -0.3 is 10.5 Å². The molecular formula is C14H12BrFN2O. The summed E-state index contributed by atoms with van der Waals surface area (Å²) < 4.78 is 19.9. The molecule has 0 fully saturated rings. The van der Waals surface area contributed by atoms with Gasteiger partial charge in [0.2, 0.25) is 0 Å². The quantitative estimate of drug-likeness (QED) is 0.663. The van der Waals surface area contributed by atoms with Crippen molar-refractivity contribution in [3.63, 3.8) is 0 Å². The van der Waals surface area contributed by atoms with Crippen LogP contribution in [0.25, 0.3) is 0 Å². The summed E-state index contributed by atoms with van der Waals surface area (Å²) >= 11 is 3.30. The van der Waals surface area contributed by atoms with Crippen LogP contribution in [0.2, 0.25) is 0 Å². The largest absolute Gasteiger partial charge is 0.454 e. The predicted octanol–water partition coefficient (Wildman–Crippen LogP) is 3.97. The van der Waals surface area contributed by atoms with E-state index in [0.29, 0.717) is 21.3 Å². The number of amidine groups is 1. The first-order valence-corrected chi connectivity index (χ1v) is 6.35. The minimum Gasteiger partial charge on any atom is -0.454 e. The lowest BCUT2D eigenvalue weighted by Gasteiger charge is -2.10. The molecule has 0 amide bonds. The first kappa shape index (κ1) is 13.5. The number of benzene rings is 2. The zero-order valence-corrected chi connectivity index (χ0v) is 11.8. The fourth-order valence-electron chi connectivity index (χ4n) is 1.60. The number of halogens is 2. The number of nitrogen functional groups attached to an aromatic ring is 1. The first-order chi connectivity index (χ1) is 8.99. The lowest BCUT2D eigenvalue weighted by atomic mass is 10.2. The highest BCUT2D eigenvalue weighted by atomic mass is 79.9. The van der Waals surface area contributed by atoms with Crippen molar-refractivity contribution in [1.82, 2.24) is 0 Å². The maximum absolute atomic E-state index is 13.8. The molecule has 98 valence electrons. The Balaban J connectivity index is 2.32. The zero-order chi connectivity index (χ0) is 14.0. The molecule has 0 bridgehead atoms. The van der Waals surface area contributed by atoms with Gasteiger partial charge in [0.05, 0.1) is 0 Å². The Kier molecular flexibility index (Phi) is 3.85. The third kappa shape index (κ3) is 2.93. The highest BCUT2D eigenvalue weighted by molar-refractivity contribution is 9.10. The standard InChI is InChI=1S/C14H12BrFN2O/c1-8-3-2-4-12(13(8)16)19-9-5-6-10(14(17)18)11(15)7-9/h2-7H,1H3,(H3,17,18). The van der Waals surface area contributed by atoms with Crippen LogP contribution in [0.15, 0.2) is 40.9 Å². The average molecular weight is 323 g/mol. The van der Waals surface area contributed by atoms with Gasteiger partial charge in [-0.15, -0.1) is 0 Å². The Morgan fingerprint density at radius 2 is 2.05 bits per heavy atom. The van der Waals surface area contributed by atoms with Crippen molar-refractivity contribution in [2.75, 3.05) is 0 Å². The van der Waals surface area contributed by atoms with Crippen LogP contribution in [-0.2, 0) is 0 Å². The van der Waals surface area contributed by atoms with Crippen molar-refractivity contribution < 1.29 is 9.13 Å². The fourth-order valence-corrected chi connectivity index (χ4v) is 2.18. The molecule has 0 saturated carbocycles. The van der Waals surface area contributed by atoms with Crippen molar-refractivity contribution in [3.8, 4) is 11.5 Å². The molecule has 0 aromatic heterocycles. The first-order valence-electron chi connectivity index (χ1n) is 5.56.